The molecule has 2 aromatic heterocycles. The van der Waals surface area contributed by atoms with E-state index >= 15 is 0 Å². The Hall–Kier alpha value is -4.61. The van der Waals surface area contributed by atoms with Crippen molar-refractivity contribution in [3.63, 3.8) is 0 Å². The summed E-state index contributed by atoms with van der Waals surface area (Å²) >= 11 is 6.15. The summed E-state index contributed by atoms with van der Waals surface area (Å²) in [6.07, 6.45) is 0. The van der Waals surface area contributed by atoms with Gasteiger partial charge in [0, 0.05) is 12.4 Å². The predicted octanol–water partition coefficient (Wildman–Crippen LogP) is 4.72. The minimum Gasteiger partial charge on any atom is -0.454 e. The molecule has 12 heteroatoms. The van der Waals surface area contributed by atoms with Gasteiger partial charge in [-0.1, -0.05) is 48.0 Å². The van der Waals surface area contributed by atoms with Gasteiger partial charge in [-0.3, -0.25) is 19.0 Å². The average Bonchev–Trinajstić information content (AvgIpc) is 3.47. The highest BCUT2D eigenvalue weighted by Gasteiger charge is 2.25. The molecule has 0 bridgehead atoms. The van der Waals surface area contributed by atoms with E-state index < -0.39 is 33.9 Å². The fourth-order valence-corrected chi connectivity index (χ4v) is 5.44. The summed E-state index contributed by atoms with van der Waals surface area (Å²) < 4.78 is 42.3. The standard InChI is InChI=1S/C28H22ClN3O7S/c1-17-26(27(34)32(31(17)2)19-9-4-3-5-10-19)30-40(36,37)20-12-13-22(29)21(15-20)28(35)38-16-23(33)25-14-18-8-6-7-11-24(18)39-25/h3-15,30H,16H2,1-2H3. The van der Waals surface area contributed by atoms with Gasteiger partial charge in [-0.15, -0.1) is 0 Å². The number of nitrogens with one attached hydrogen (secondary N) is 1. The SMILES string of the molecule is Cc1c(NS(=O)(=O)c2ccc(Cl)c(C(=O)OCC(=O)c3cc4ccccc4o3)c2)c(=O)n(-c2ccccc2)n1C. The quantitative estimate of drug-likeness (QED) is 0.208. The average molecular weight is 580 g/mol. The van der Waals surface area contributed by atoms with Gasteiger partial charge in [0.1, 0.15) is 11.3 Å². The maximum atomic E-state index is 13.3. The van der Waals surface area contributed by atoms with Gasteiger partial charge in [0.2, 0.25) is 5.78 Å². The number of sulfonamides is 1. The number of benzene rings is 3. The molecule has 0 aliphatic rings. The molecule has 1 N–H and O–H groups in total. The second-order valence-corrected chi connectivity index (χ2v) is 10.9. The van der Waals surface area contributed by atoms with Gasteiger partial charge in [-0.2, -0.15) is 0 Å². The number of carbonyl (C=O) groups is 2. The van der Waals surface area contributed by atoms with Crippen molar-refractivity contribution in [3.05, 3.63) is 111 Å². The molecule has 0 aliphatic heterocycles. The summed E-state index contributed by atoms with van der Waals surface area (Å²) in [5.74, 6) is -1.57. The van der Waals surface area contributed by atoms with Crippen LogP contribution in [0.3, 0.4) is 0 Å². The number of aromatic nitrogens is 2. The monoisotopic (exact) mass is 579 g/mol. The highest BCUT2D eigenvalue weighted by Crippen LogP contribution is 2.25. The molecule has 0 saturated carbocycles. The lowest BCUT2D eigenvalue weighted by molar-refractivity contribution is 0.0468. The lowest BCUT2D eigenvalue weighted by Crippen LogP contribution is -2.23. The van der Waals surface area contributed by atoms with E-state index in [1.165, 1.54) is 27.6 Å². The Morgan fingerprint density at radius 2 is 1.70 bits per heavy atom. The summed E-state index contributed by atoms with van der Waals surface area (Å²) in [5, 5.41) is 0.636. The Morgan fingerprint density at radius 3 is 2.42 bits per heavy atom. The highest BCUT2D eigenvalue weighted by atomic mass is 35.5. The zero-order valence-corrected chi connectivity index (χ0v) is 22.8. The van der Waals surface area contributed by atoms with Gasteiger partial charge >= 0.3 is 5.97 Å². The van der Waals surface area contributed by atoms with Crippen molar-refractivity contribution in [1.29, 1.82) is 0 Å². The molecule has 204 valence electrons. The second kappa shape index (κ2) is 10.5. The van der Waals surface area contributed by atoms with Crippen molar-refractivity contribution >= 4 is 50.0 Å². The first kappa shape index (κ1) is 27.0. The van der Waals surface area contributed by atoms with Crippen LogP contribution in [0.1, 0.15) is 26.6 Å². The van der Waals surface area contributed by atoms with Crippen LogP contribution in [-0.4, -0.2) is 36.1 Å². The maximum Gasteiger partial charge on any atom is 0.340 e. The number of fused-ring (bicyclic) bond motifs is 1. The summed E-state index contributed by atoms with van der Waals surface area (Å²) in [7, 11) is -2.70. The molecule has 0 amide bonds. The van der Waals surface area contributed by atoms with Gasteiger partial charge in [0.25, 0.3) is 15.6 Å². The summed E-state index contributed by atoms with van der Waals surface area (Å²) in [6.45, 7) is 0.953. The zero-order valence-electron chi connectivity index (χ0n) is 21.3. The predicted molar refractivity (Wildman–Crippen MR) is 149 cm³/mol. The number of Topliss-reactive ketones (excluding diaryl/α,β-unsaturated/α-hetero) is 1. The molecule has 0 radical (unpaired) electrons. The molecule has 2 heterocycles. The number of anilines is 1. The molecule has 0 fully saturated rings. The second-order valence-electron chi connectivity index (χ2n) is 8.83. The van der Waals surface area contributed by atoms with Crippen LogP contribution in [-0.2, 0) is 21.8 Å². The lowest BCUT2D eigenvalue weighted by atomic mass is 10.2. The normalized spacial score (nSPS) is 11.5. The Morgan fingerprint density at radius 1 is 1.00 bits per heavy atom. The topological polar surface area (TPSA) is 130 Å². The molecule has 5 aromatic rings. The van der Waals surface area contributed by atoms with Crippen molar-refractivity contribution in [3.8, 4) is 5.69 Å². The highest BCUT2D eigenvalue weighted by molar-refractivity contribution is 7.92. The minimum absolute atomic E-state index is 0.0139. The number of ether oxygens (including phenoxy) is 1. The first-order valence-electron chi connectivity index (χ1n) is 11.9. The van der Waals surface area contributed by atoms with Gasteiger partial charge in [0.05, 0.1) is 26.9 Å². The van der Waals surface area contributed by atoms with Crippen molar-refractivity contribution in [2.75, 3.05) is 11.3 Å². The minimum atomic E-state index is -4.33. The third kappa shape index (κ3) is 5.04. The van der Waals surface area contributed by atoms with Crippen LogP contribution in [0, 0.1) is 6.92 Å². The number of nitrogens with zero attached hydrogens (tertiary/aromatic N) is 2. The van der Waals surface area contributed by atoms with Crippen molar-refractivity contribution in [2.24, 2.45) is 7.05 Å². The summed E-state index contributed by atoms with van der Waals surface area (Å²) in [6, 6.07) is 20.7. The fourth-order valence-electron chi connectivity index (χ4n) is 4.11. The first-order valence-corrected chi connectivity index (χ1v) is 13.8. The molecule has 0 saturated heterocycles. The Labute approximate surface area is 233 Å². The van der Waals surface area contributed by atoms with Crippen LogP contribution in [0.5, 0.6) is 0 Å². The first-order chi connectivity index (χ1) is 19.1. The van der Waals surface area contributed by atoms with E-state index in [4.69, 9.17) is 20.8 Å². The van der Waals surface area contributed by atoms with Crippen LogP contribution in [0.15, 0.2) is 93.0 Å². The Bertz CT molecular complexity index is 1910. The van der Waals surface area contributed by atoms with Crippen LogP contribution >= 0.6 is 11.6 Å². The van der Waals surface area contributed by atoms with E-state index in [1.54, 1.807) is 68.6 Å². The molecule has 0 aliphatic carbocycles. The van der Waals surface area contributed by atoms with E-state index in [0.717, 1.165) is 11.5 Å². The number of para-hydroxylation sites is 2. The van der Waals surface area contributed by atoms with E-state index in [2.05, 4.69) is 4.72 Å². The van der Waals surface area contributed by atoms with Gasteiger partial charge in [-0.25, -0.2) is 17.9 Å². The molecular formula is C28H22ClN3O7S. The third-order valence-corrected chi connectivity index (χ3v) is 7.97. The Kier molecular flexibility index (Phi) is 7.09. The molecule has 0 atom stereocenters. The van der Waals surface area contributed by atoms with E-state index in [0.29, 0.717) is 17.0 Å². The molecule has 3 aromatic carbocycles. The number of ketones is 1. The summed E-state index contributed by atoms with van der Waals surface area (Å²) in [4.78, 5) is 38.1. The number of halogens is 1. The number of hydrogen-bond donors (Lipinski definition) is 1. The van der Waals surface area contributed by atoms with Gasteiger partial charge in [-0.05, 0) is 49.4 Å². The number of carbonyl (C=O) groups excluding carboxylic acids is 2. The molecule has 10 nitrogen and oxygen atoms in total. The number of rotatable bonds is 8. The molecule has 5 rings (SSSR count). The smallest absolute Gasteiger partial charge is 0.340 e. The van der Waals surface area contributed by atoms with Crippen molar-refractivity contribution in [2.45, 2.75) is 11.8 Å². The van der Waals surface area contributed by atoms with Crippen molar-refractivity contribution < 1.29 is 27.2 Å². The number of hydrogen-bond acceptors (Lipinski definition) is 7. The van der Waals surface area contributed by atoms with Crippen molar-refractivity contribution in [1.82, 2.24) is 9.36 Å². The fraction of sp³-hybridized carbons (Fsp3) is 0.107. The molecule has 40 heavy (non-hydrogen) atoms. The van der Waals surface area contributed by atoms with Crippen LogP contribution < -0.4 is 10.3 Å². The lowest BCUT2D eigenvalue weighted by Gasteiger charge is -2.10. The number of furan rings is 1. The third-order valence-electron chi connectivity index (χ3n) is 6.29. The molecule has 0 unspecified atom stereocenters. The van der Waals surface area contributed by atoms with E-state index in [-0.39, 0.29) is 26.9 Å². The summed E-state index contributed by atoms with van der Waals surface area (Å²) in [5.41, 5.74) is 0.435. The van der Waals surface area contributed by atoms with Gasteiger partial charge in [0.15, 0.2) is 12.4 Å². The Balaban J connectivity index is 1.36. The van der Waals surface area contributed by atoms with Crippen LogP contribution in [0.4, 0.5) is 5.69 Å². The van der Waals surface area contributed by atoms with Crippen LogP contribution in [0.25, 0.3) is 16.7 Å². The maximum absolute atomic E-state index is 13.3. The zero-order chi connectivity index (χ0) is 28.6. The molecule has 0 spiro atoms. The van der Waals surface area contributed by atoms with E-state index in [9.17, 15) is 22.8 Å². The van der Waals surface area contributed by atoms with Gasteiger partial charge < -0.3 is 9.15 Å². The molecular weight excluding hydrogens is 558 g/mol. The van der Waals surface area contributed by atoms with Crippen LogP contribution in [0.2, 0.25) is 5.02 Å². The largest absolute Gasteiger partial charge is 0.454 e. The number of esters is 1. The van der Waals surface area contributed by atoms with E-state index in [1.807, 2.05) is 0 Å².